The average Bonchev–Trinajstić information content (AvgIpc) is 2.98. The van der Waals surface area contributed by atoms with Crippen molar-refractivity contribution in [1.82, 2.24) is 9.88 Å². The number of aromatic amines is 1. The molecule has 43 heavy (non-hydrogen) atoms. The zero-order valence-electron chi connectivity index (χ0n) is 24.1. The molecule has 10 nitrogen and oxygen atoms in total. The van der Waals surface area contributed by atoms with Crippen molar-refractivity contribution in [1.29, 1.82) is 0 Å². The number of carbonyl (C=O) groups excluding carboxylic acids is 2. The van der Waals surface area contributed by atoms with Gasteiger partial charge in [-0.2, -0.15) is 0 Å². The number of benzene rings is 3. The summed E-state index contributed by atoms with van der Waals surface area (Å²) >= 11 is 0. The Labute approximate surface area is 248 Å². The summed E-state index contributed by atoms with van der Waals surface area (Å²) in [6, 6.07) is 19.2. The highest BCUT2D eigenvalue weighted by atomic mass is 16.5. The summed E-state index contributed by atoms with van der Waals surface area (Å²) in [5.41, 5.74) is 4.26. The van der Waals surface area contributed by atoms with Gasteiger partial charge in [0.2, 0.25) is 5.91 Å². The first-order chi connectivity index (χ1) is 20.7. The van der Waals surface area contributed by atoms with Crippen molar-refractivity contribution in [3.8, 4) is 0 Å². The summed E-state index contributed by atoms with van der Waals surface area (Å²) in [6.07, 6.45) is 1.20. The number of ether oxygens (including phenoxy) is 1. The van der Waals surface area contributed by atoms with Crippen LogP contribution in [-0.4, -0.2) is 46.1 Å². The molecule has 0 aliphatic carbocycles. The maximum absolute atomic E-state index is 14.4. The molecule has 0 radical (unpaired) electrons. The smallest absolute Gasteiger partial charge is 0.411 e. The number of carboxylic acids is 1. The van der Waals surface area contributed by atoms with Crippen LogP contribution in [0, 0.1) is 6.92 Å². The number of aromatic nitrogens is 1. The summed E-state index contributed by atoms with van der Waals surface area (Å²) in [6.45, 7) is 4.48. The van der Waals surface area contributed by atoms with Crippen LogP contribution in [-0.2, 0) is 20.9 Å². The Bertz CT molecular complexity index is 1730. The number of carboxylic acid groups (broad SMARTS) is 1. The number of nitrogens with zero attached hydrogens (tertiary/aromatic N) is 1. The van der Waals surface area contributed by atoms with Gasteiger partial charge in [0.15, 0.2) is 0 Å². The third kappa shape index (κ3) is 7.03. The second-order valence-electron chi connectivity index (χ2n) is 10.9. The Morgan fingerprint density at radius 3 is 2.70 bits per heavy atom. The van der Waals surface area contributed by atoms with Gasteiger partial charge in [0.25, 0.3) is 5.56 Å². The summed E-state index contributed by atoms with van der Waals surface area (Å²) < 4.78 is 5.51. The normalized spacial score (nSPS) is 17.4. The Hall–Kier alpha value is -5.12. The largest absolute Gasteiger partial charge is 0.481 e. The highest BCUT2D eigenvalue weighted by Gasteiger charge is 2.28. The molecule has 3 heterocycles. The average molecular weight is 583 g/mol. The van der Waals surface area contributed by atoms with Gasteiger partial charge < -0.3 is 25.0 Å². The molecule has 0 saturated carbocycles. The van der Waals surface area contributed by atoms with Crippen molar-refractivity contribution in [3.63, 3.8) is 0 Å². The number of pyridine rings is 1. The monoisotopic (exact) mass is 582 g/mol. The first-order valence-electron chi connectivity index (χ1n) is 14.2. The first kappa shape index (κ1) is 29.4. The molecule has 0 unspecified atom stereocenters. The van der Waals surface area contributed by atoms with Crippen molar-refractivity contribution in [2.24, 2.45) is 0 Å². The van der Waals surface area contributed by atoms with E-state index in [9.17, 15) is 24.3 Å². The number of amides is 2. The number of H-pyrrole nitrogens is 1. The van der Waals surface area contributed by atoms with Crippen LogP contribution < -0.4 is 16.2 Å². The predicted molar refractivity (Wildman–Crippen MR) is 164 cm³/mol. The topological polar surface area (TPSA) is 141 Å². The maximum atomic E-state index is 14.4. The first-order valence-corrected chi connectivity index (χ1v) is 14.2. The minimum Gasteiger partial charge on any atom is -0.481 e. The zero-order valence-corrected chi connectivity index (χ0v) is 24.1. The van der Waals surface area contributed by atoms with Crippen LogP contribution >= 0.6 is 0 Å². The highest BCUT2D eigenvalue weighted by molar-refractivity contribution is 5.89. The molecule has 2 aliphatic rings. The van der Waals surface area contributed by atoms with Crippen molar-refractivity contribution in [2.45, 2.75) is 45.2 Å². The van der Waals surface area contributed by atoms with Crippen LogP contribution in [0.2, 0.25) is 0 Å². The van der Waals surface area contributed by atoms with Gasteiger partial charge in [-0.15, -0.1) is 0 Å². The van der Waals surface area contributed by atoms with Gasteiger partial charge in [-0.3, -0.25) is 19.7 Å². The van der Waals surface area contributed by atoms with E-state index in [0.29, 0.717) is 22.3 Å². The number of carbonyl (C=O) groups is 3. The third-order valence-corrected chi connectivity index (χ3v) is 7.63. The van der Waals surface area contributed by atoms with E-state index in [1.54, 1.807) is 35.4 Å². The number of anilines is 2. The van der Waals surface area contributed by atoms with Gasteiger partial charge in [0.05, 0.1) is 6.61 Å². The number of rotatable bonds is 6. The molecule has 4 N–H and O–H groups in total. The van der Waals surface area contributed by atoms with Crippen LogP contribution in [0.15, 0.2) is 77.7 Å². The van der Waals surface area contributed by atoms with E-state index >= 15 is 0 Å². The number of hydrogen-bond donors (Lipinski definition) is 4. The molecule has 2 aliphatic heterocycles. The molecule has 222 valence electrons. The molecule has 1 aromatic heterocycles. The molecule has 0 fully saturated rings. The Balaban J connectivity index is 1.59. The lowest BCUT2D eigenvalue weighted by Gasteiger charge is -2.30. The van der Waals surface area contributed by atoms with Gasteiger partial charge in [-0.05, 0) is 71.3 Å². The molecule has 4 bridgehead atoms. The summed E-state index contributed by atoms with van der Waals surface area (Å²) in [5.74, 6) is -1.29. The van der Waals surface area contributed by atoms with Crippen LogP contribution in [0.25, 0.3) is 10.8 Å². The van der Waals surface area contributed by atoms with Crippen LogP contribution in [0.5, 0.6) is 0 Å². The lowest BCUT2D eigenvalue weighted by atomic mass is 9.92. The van der Waals surface area contributed by atoms with Crippen LogP contribution in [0.3, 0.4) is 0 Å². The Morgan fingerprint density at radius 2 is 1.91 bits per heavy atom. The van der Waals surface area contributed by atoms with E-state index in [0.717, 1.165) is 22.1 Å². The molecule has 6 rings (SSSR count). The van der Waals surface area contributed by atoms with Gasteiger partial charge in [-0.25, -0.2) is 4.79 Å². The fourth-order valence-corrected chi connectivity index (χ4v) is 5.44. The van der Waals surface area contributed by atoms with Gasteiger partial charge in [0.1, 0.15) is 6.04 Å². The van der Waals surface area contributed by atoms with E-state index in [4.69, 9.17) is 4.74 Å². The minimum atomic E-state index is -0.942. The molecule has 10 heteroatoms. The number of aliphatic carboxylic acids is 1. The molecule has 2 amide bonds. The minimum absolute atomic E-state index is 0.0888. The number of fused-ring (bicyclic) bond motifs is 10. The SMILES string of the molecule is Cc1cc2ccc1[C@@H](C)COC(=O)Nc1cccc(c1)CN(CCCC(=O)O)C(=O)[C@@H]2Nc1ccc2cc[nH]c(=O)c2c1. The molecule has 3 aromatic carbocycles. The van der Waals surface area contributed by atoms with E-state index in [-0.39, 0.29) is 49.9 Å². The van der Waals surface area contributed by atoms with E-state index in [1.807, 2.05) is 56.3 Å². The van der Waals surface area contributed by atoms with Crippen molar-refractivity contribution in [2.75, 3.05) is 23.8 Å². The van der Waals surface area contributed by atoms with Gasteiger partial charge in [0, 0.05) is 48.4 Å². The van der Waals surface area contributed by atoms with Crippen molar-refractivity contribution < 1.29 is 24.2 Å². The second-order valence-corrected chi connectivity index (χ2v) is 10.9. The second kappa shape index (κ2) is 12.8. The molecular formula is C33H34N4O6. The summed E-state index contributed by atoms with van der Waals surface area (Å²) in [7, 11) is 0. The Kier molecular flexibility index (Phi) is 8.75. The van der Waals surface area contributed by atoms with E-state index < -0.39 is 18.1 Å². The fraction of sp³-hybridized carbons (Fsp3) is 0.273. The fourth-order valence-electron chi connectivity index (χ4n) is 5.44. The van der Waals surface area contributed by atoms with Crippen LogP contribution in [0.4, 0.5) is 16.2 Å². The lowest BCUT2D eigenvalue weighted by molar-refractivity contribution is -0.138. The molecule has 4 aromatic rings. The summed E-state index contributed by atoms with van der Waals surface area (Å²) in [5, 5.41) is 16.7. The molecule has 2 atom stereocenters. The van der Waals surface area contributed by atoms with E-state index in [1.165, 1.54) is 0 Å². The Morgan fingerprint density at radius 1 is 1.07 bits per heavy atom. The van der Waals surface area contributed by atoms with Gasteiger partial charge in [-0.1, -0.05) is 43.3 Å². The standard InChI is InChI=1S/C33H34N4O6/c1-20-15-24-9-11-27(20)21(2)19-43-33(42)36-25-6-3-5-22(16-25)18-37(14-4-7-29(38)39)32(41)30(24)35-26-10-8-23-12-13-34-31(40)28(23)17-26/h3,5-6,8-13,15-17,21,30,35H,4,7,14,18-19H2,1-2H3,(H,34,40)(H,36,42)(H,38,39)/t21-,30+/m0/s1. The highest BCUT2D eigenvalue weighted by Crippen LogP contribution is 2.29. The molecule has 0 spiro atoms. The zero-order chi connectivity index (χ0) is 30.5. The maximum Gasteiger partial charge on any atom is 0.411 e. The van der Waals surface area contributed by atoms with Crippen LogP contribution in [0.1, 0.15) is 54.0 Å². The van der Waals surface area contributed by atoms with Gasteiger partial charge >= 0.3 is 12.1 Å². The summed E-state index contributed by atoms with van der Waals surface area (Å²) in [4.78, 5) is 55.1. The third-order valence-electron chi connectivity index (χ3n) is 7.63. The van der Waals surface area contributed by atoms with E-state index in [2.05, 4.69) is 15.6 Å². The molecule has 0 saturated heterocycles. The number of hydrogen-bond acceptors (Lipinski definition) is 6. The lowest BCUT2D eigenvalue weighted by Crippen LogP contribution is -2.38. The van der Waals surface area contributed by atoms with Crippen molar-refractivity contribution in [3.05, 3.63) is 106 Å². The number of aryl methyl sites for hydroxylation is 1. The van der Waals surface area contributed by atoms with Crippen molar-refractivity contribution >= 4 is 40.1 Å². The quantitative estimate of drug-likeness (QED) is 0.234. The molecular weight excluding hydrogens is 548 g/mol. The predicted octanol–water partition coefficient (Wildman–Crippen LogP) is 5.55. The number of nitrogens with one attached hydrogen (secondary N) is 3.